The molecule has 1 aliphatic heterocycles. The summed E-state index contributed by atoms with van der Waals surface area (Å²) in [4.78, 5) is 2.28. The van der Waals surface area contributed by atoms with Crippen LogP contribution in [-0.2, 0) is 0 Å². The predicted octanol–water partition coefficient (Wildman–Crippen LogP) is 3.96. The van der Waals surface area contributed by atoms with E-state index in [9.17, 15) is 18.3 Å². The monoisotopic (exact) mass is 313 g/mol. The van der Waals surface area contributed by atoms with Gasteiger partial charge < -0.3 is 5.11 Å². The average molecular weight is 313 g/mol. The zero-order valence-electron chi connectivity index (χ0n) is 12.7. The van der Waals surface area contributed by atoms with Crippen molar-refractivity contribution in [2.75, 3.05) is 19.6 Å². The van der Waals surface area contributed by atoms with Crippen LogP contribution < -0.4 is 0 Å². The first kappa shape index (κ1) is 17.0. The van der Waals surface area contributed by atoms with Crippen molar-refractivity contribution in [2.45, 2.75) is 38.0 Å². The summed E-state index contributed by atoms with van der Waals surface area (Å²) < 4.78 is 38.3. The first-order valence-corrected chi connectivity index (χ1v) is 7.52. The Kier molecular flexibility index (Phi) is 5.29. The van der Waals surface area contributed by atoms with Gasteiger partial charge in [-0.2, -0.15) is 13.2 Å². The van der Waals surface area contributed by atoms with E-state index in [-0.39, 0.29) is 11.5 Å². The molecule has 0 aromatic heterocycles. The minimum absolute atomic E-state index is 0.0291. The summed E-state index contributed by atoms with van der Waals surface area (Å²) in [5, 5.41) is 9.53. The summed E-state index contributed by atoms with van der Waals surface area (Å²) in [7, 11) is 0. The van der Waals surface area contributed by atoms with Crippen LogP contribution in [0.1, 0.15) is 41.6 Å². The van der Waals surface area contributed by atoms with Gasteiger partial charge in [-0.15, -0.1) is 6.58 Å². The fourth-order valence-corrected chi connectivity index (χ4v) is 3.20. The molecule has 1 fully saturated rings. The average Bonchev–Trinajstić information content (AvgIpc) is 2.47. The van der Waals surface area contributed by atoms with Crippen LogP contribution in [0.15, 0.2) is 30.9 Å². The van der Waals surface area contributed by atoms with Gasteiger partial charge in [0.25, 0.3) is 0 Å². The van der Waals surface area contributed by atoms with Gasteiger partial charge in [-0.25, -0.2) is 0 Å². The van der Waals surface area contributed by atoms with E-state index in [1.54, 1.807) is 13.0 Å². The number of aliphatic hydroxyl groups excluding tert-OH is 1. The number of likely N-dealkylation sites (tertiary alicyclic amines) is 1. The van der Waals surface area contributed by atoms with E-state index in [2.05, 4.69) is 11.5 Å². The predicted molar refractivity (Wildman–Crippen MR) is 80.8 cm³/mol. The first-order chi connectivity index (χ1) is 10.3. The molecule has 2 nitrogen and oxygen atoms in total. The van der Waals surface area contributed by atoms with E-state index in [1.807, 2.05) is 12.1 Å². The standard InChI is InChI=1S/C17H22F3NO/c1-3-9-21-10-7-13(8-11-21)14-5-4-6-15(12(14)2)16(22)17(18,19)20/h3-6,13,16,22H,1,7-11H2,2H3. The number of benzene rings is 1. The number of hydrogen-bond donors (Lipinski definition) is 1. The van der Waals surface area contributed by atoms with Crippen LogP contribution >= 0.6 is 0 Å². The molecule has 122 valence electrons. The number of piperidine rings is 1. The van der Waals surface area contributed by atoms with E-state index in [4.69, 9.17) is 0 Å². The third-order valence-electron chi connectivity index (χ3n) is 4.44. The first-order valence-electron chi connectivity index (χ1n) is 7.52. The van der Waals surface area contributed by atoms with Crippen molar-refractivity contribution in [3.63, 3.8) is 0 Å². The number of nitrogens with zero attached hydrogens (tertiary/aromatic N) is 1. The second-order valence-electron chi connectivity index (χ2n) is 5.87. The molecule has 0 radical (unpaired) electrons. The summed E-state index contributed by atoms with van der Waals surface area (Å²) in [5.74, 6) is 0.251. The minimum atomic E-state index is -4.63. The second-order valence-corrected chi connectivity index (χ2v) is 5.87. The van der Waals surface area contributed by atoms with Crippen LogP contribution in [0, 0.1) is 6.92 Å². The lowest BCUT2D eigenvalue weighted by molar-refractivity contribution is -0.207. The Labute approximate surface area is 129 Å². The number of rotatable bonds is 4. The third-order valence-corrected chi connectivity index (χ3v) is 4.44. The van der Waals surface area contributed by atoms with Crippen LogP contribution in [0.3, 0.4) is 0 Å². The van der Waals surface area contributed by atoms with Crippen LogP contribution in [0.25, 0.3) is 0 Å². The summed E-state index contributed by atoms with van der Waals surface area (Å²) in [6.07, 6.45) is -3.34. The summed E-state index contributed by atoms with van der Waals surface area (Å²) in [6, 6.07) is 4.86. The Morgan fingerprint density at radius 1 is 1.36 bits per heavy atom. The Balaban J connectivity index is 2.18. The van der Waals surface area contributed by atoms with Gasteiger partial charge >= 0.3 is 6.18 Å². The second kappa shape index (κ2) is 6.84. The topological polar surface area (TPSA) is 23.5 Å². The van der Waals surface area contributed by atoms with Crippen molar-refractivity contribution in [3.8, 4) is 0 Å². The fourth-order valence-electron chi connectivity index (χ4n) is 3.20. The molecular weight excluding hydrogens is 291 g/mol. The van der Waals surface area contributed by atoms with Gasteiger partial charge in [0.05, 0.1) is 0 Å². The normalized spacial score (nSPS) is 19.1. The zero-order chi connectivity index (χ0) is 16.3. The third kappa shape index (κ3) is 3.70. The highest BCUT2D eigenvalue weighted by Crippen LogP contribution is 2.38. The molecule has 1 aromatic carbocycles. The SMILES string of the molecule is C=CCN1CCC(c2cccc(C(O)C(F)(F)F)c2C)CC1. The molecule has 22 heavy (non-hydrogen) atoms. The summed E-state index contributed by atoms with van der Waals surface area (Å²) in [5.41, 5.74) is 1.46. The maximum Gasteiger partial charge on any atom is 0.418 e. The molecule has 1 atom stereocenters. The van der Waals surface area contributed by atoms with E-state index in [0.717, 1.165) is 38.0 Å². The Hall–Kier alpha value is -1.33. The molecule has 0 bridgehead atoms. The van der Waals surface area contributed by atoms with E-state index >= 15 is 0 Å². The van der Waals surface area contributed by atoms with Crippen LogP contribution in [0.4, 0.5) is 13.2 Å². The van der Waals surface area contributed by atoms with Crippen molar-refractivity contribution in [3.05, 3.63) is 47.5 Å². The zero-order valence-corrected chi connectivity index (χ0v) is 12.7. The molecule has 2 rings (SSSR count). The molecule has 1 aliphatic rings. The largest absolute Gasteiger partial charge is 0.418 e. The molecule has 0 spiro atoms. The van der Waals surface area contributed by atoms with Gasteiger partial charge in [0.1, 0.15) is 0 Å². The van der Waals surface area contributed by atoms with E-state index in [1.165, 1.54) is 6.07 Å². The number of hydrogen-bond acceptors (Lipinski definition) is 2. The number of alkyl halides is 3. The Morgan fingerprint density at radius 3 is 2.55 bits per heavy atom. The lowest BCUT2D eigenvalue weighted by atomic mass is 9.84. The Bertz CT molecular complexity index is 519. The molecule has 1 unspecified atom stereocenters. The lowest BCUT2D eigenvalue weighted by Gasteiger charge is -2.32. The van der Waals surface area contributed by atoms with Crippen molar-refractivity contribution >= 4 is 0 Å². The van der Waals surface area contributed by atoms with Gasteiger partial charge in [-0.05, 0) is 55.5 Å². The molecular formula is C17H22F3NO. The Morgan fingerprint density at radius 2 is 2.00 bits per heavy atom. The minimum Gasteiger partial charge on any atom is -0.379 e. The van der Waals surface area contributed by atoms with Gasteiger partial charge in [-0.1, -0.05) is 24.3 Å². The van der Waals surface area contributed by atoms with Crippen molar-refractivity contribution in [1.82, 2.24) is 4.90 Å². The van der Waals surface area contributed by atoms with Crippen LogP contribution in [0.5, 0.6) is 0 Å². The maximum atomic E-state index is 12.8. The van der Waals surface area contributed by atoms with Gasteiger partial charge in [-0.3, -0.25) is 4.90 Å². The maximum absolute atomic E-state index is 12.8. The fraction of sp³-hybridized carbons (Fsp3) is 0.529. The molecule has 0 saturated carbocycles. The molecule has 5 heteroatoms. The van der Waals surface area contributed by atoms with Crippen molar-refractivity contribution < 1.29 is 18.3 Å². The lowest BCUT2D eigenvalue weighted by Crippen LogP contribution is -2.33. The summed E-state index contributed by atoms with van der Waals surface area (Å²) >= 11 is 0. The summed E-state index contributed by atoms with van der Waals surface area (Å²) in [6.45, 7) is 8.08. The molecule has 1 saturated heterocycles. The molecule has 1 aromatic rings. The highest BCUT2D eigenvalue weighted by atomic mass is 19.4. The van der Waals surface area contributed by atoms with Gasteiger partial charge in [0.2, 0.25) is 0 Å². The molecule has 1 N–H and O–H groups in total. The number of aliphatic hydroxyl groups is 1. The highest BCUT2D eigenvalue weighted by Gasteiger charge is 2.40. The number of halogens is 3. The smallest absolute Gasteiger partial charge is 0.379 e. The van der Waals surface area contributed by atoms with Crippen LogP contribution in [0.2, 0.25) is 0 Å². The van der Waals surface area contributed by atoms with Crippen LogP contribution in [-0.4, -0.2) is 35.8 Å². The van der Waals surface area contributed by atoms with E-state index in [0.29, 0.717) is 5.56 Å². The highest BCUT2D eigenvalue weighted by molar-refractivity contribution is 5.38. The van der Waals surface area contributed by atoms with Crippen molar-refractivity contribution in [2.24, 2.45) is 0 Å². The van der Waals surface area contributed by atoms with E-state index < -0.39 is 12.3 Å². The quantitative estimate of drug-likeness (QED) is 0.851. The van der Waals surface area contributed by atoms with Gasteiger partial charge in [0.15, 0.2) is 6.10 Å². The molecule has 0 aliphatic carbocycles. The van der Waals surface area contributed by atoms with Gasteiger partial charge in [0, 0.05) is 6.54 Å². The molecule has 1 heterocycles. The molecule has 0 amide bonds. The van der Waals surface area contributed by atoms with Crippen molar-refractivity contribution in [1.29, 1.82) is 0 Å².